The largest absolute Gasteiger partial charge is 0.497 e. The number of thiophene rings is 1. The number of methoxy groups -OCH3 is 2. The molecule has 0 saturated carbocycles. The van der Waals surface area contributed by atoms with Crippen molar-refractivity contribution < 1.29 is 19.1 Å². The Morgan fingerprint density at radius 3 is 2.25 bits per heavy atom. The highest BCUT2D eigenvalue weighted by Gasteiger charge is 2.28. The van der Waals surface area contributed by atoms with Gasteiger partial charge in [-0.1, -0.05) is 0 Å². The molecule has 1 saturated heterocycles. The van der Waals surface area contributed by atoms with Crippen LogP contribution >= 0.6 is 23.6 Å². The van der Waals surface area contributed by atoms with Gasteiger partial charge in [-0.15, -0.1) is 11.3 Å². The van der Waals surface area contributed by atoms with Crippen molar-refractivity contribution in [3.8, 4) is 5.75 Å². The standard InChI is InChI=1S/C22H28N4O4S2/c1-14-17(21(28)30-5)19(32-18(14)20(27)24(2)3)23-22(31)26-12-10-25(11-13-26)15-6-8-16(29-4)9-7-15/h6-9H,10-13H2,1-5H3,(H,23,31). The van der Waals surface area contributed by atoms with Crippen LogP contribution in [0.1, 0.15) is 25.6 Å². The number of esters is 1. The molecule has 0 bridgehead atoms. The summed E-state index contributed by atoms with van der Waals surface area (Å²) in [6.45, 7) is 4.84. The number of nitrogens with one attached hydrogen (secondary N) is 1. The van der Waals surface area contributed by atoms with Crippen molar-refractivity contribution >= 4 is 51.2 Å². The molecule has 32 heavy (non-hydrogen) atoms. The van der Waals surface area contributed by atoms with Gasteiger partial charge in [0.05, 0.1) is 24.7 Å². The number of ether oxygens (including phenoxy) is 2. The predicted molar refractivity (Wildman–Crippen MR) is 131 cm³/mol. The maximum atomic E-state index is 12.5. The van der Waals surface area contributed by atoms with Crippen LogP contribution in [-0.2, 0) is 4.74 Å². The van der Waals surface area contributed by atoms with E-state index < -0.39 is 5.97 Å². The summed E-state index contributed by atoms with van der Waals surface area (Å²) < 4.78 is 10.2. The number of hydrogen-bond donors (Lipinski definition) is 1. The molecular formula is C22H28N4O4S2. The van der Waals surface area contributed by atoms with Crippen LogP contribution in [0.25, 0.3) is 0 Å². The molecule has 1 aliphatic heterocycles. The molecule has 10 heteroatoms. The Balaban J connectivity index is 1.71. The molecule has 0 atom stereocenters. The third-order valence-electron chi connectivity index (χ3n) is 5.36. The third kappa shape index (κ3) is 4.97. The summed E-state index contributed by atoms with van der Waals surface area (Å²) in [4.78, 5) is 31.3. The van der Waals surface area contributed by atoms with E-state index in [0.717, 1.165) is 37.6 Å². The summed E-state index contributed by atoms with van der Waals surface area (Å²) in [6.07, 6.45) is 0. The lowest BCUT2D eigenvalue weighted by Crippen LogP contribution is -2.50. The smallest absolute Gasteiger partial charge is 0.341 e. The van der Waals surface area contributed by atoms with Crippen LogP contribution in [-0.4, -0.2) is 81.3 Å². The van der Waals surface area contributed by atoms with Gasteiger partial charge in [0.15, 0.2) is 5.11 Å². The van der Waals surface area contributed by atoms with Crippen molar-refractivity contribution in [3.63, 3.8) is 0 Å². The molecule has 1 aliphatic rings. The molecule has 172 valence electrons. The highest BCUT2D eigenvalue weighted by Crippen LogP contribution is 2.34. The van der Waals surface area contributed by atoms with Crippen molar-refractivity contribution in [1.82, 2.24) is 9.80 Å². The summed E-state index contributed by atoms with van der Waals surface area (Å²) >= 11 is 6.86. The Kier molecular flexibility index (Phi) is 7.57. The van der Waals surface area contributed by atoms with Gasteiger partial charge < -0.3 is 29.5 Å². The molecule has 2 heterocycles. The second-order valence-electron chi connectivity index (χ2n) is 7.55. The van der Waals surface area contributed by atoms with Crippen molar-refractivity contribution in [2.75, 3.05) is 64.7 Å². The topological polar surface area (TPSA) is 74.4 Å². The molecule has 1 aromatic heterocycles. The number of amides is 1. The minimum absolute atomic E-state index is 0.162. The number of rotatable bonds is 5. The predicted octanol–water partition coefficient (Wildman–Crippen LogP) is 3.07. The fourth-order valence-electron chi connectivity index (χ4n) is 3.49. The Hall–Kier alpha value is -2.85. The van der Waals surface area contributed by atoms with Gasteiger partial charge in [0.2, 0.25) is 0 Å². The average molecular weight is 477 g/mol. The number of nitrogens with zero attached hydrogens (tertiary/aromatic N) is 3. The quantitative estimate of drug-likeness (QED) is 0.521. The molecule has 8 nitrogen and oxygen atoms in total. The molecule has 1 amide bonds. The zero-order chi connectivity index (χ0) is 23.4. The zero-order valence-electron chi connectivity index (χ0n) is 18.9. The number of hydrogen-bond acceptors (Lipinski definition) is 7. The van der Waals surface area contributed by atoms with E-state index in [1.54, 1.807) is 28.1 Å². The SMILES string of the molecule is COC(=O)c1c(NC(=S)N2CCN(c3ccc(OC)cc3)CC2)sc(C(=O)N(C)C)c1C. The van der Waals surface area contributed by atoms with Gasteiger partial charge in [-0.05, 0) is 49.0 Å². The molecule has 1 N–H and O–H groups in total. The van der Waals surface area contributed by atoms with E-state index in [1.165, 1.54) is 23.3 Å². The maximum Gasteiger partial charge on any atom is 0.341 e. The first kappa shape index (κ1) is 23.8. The average Bonchev–Trinajstić information content (AvgIpc) is 3.13. The number of anilines is 2. The lowest BCUT2D eigenvalue weighted by molar-refractivity contribution is 0.0601. The van der Waals surface area contributed by atoms with Gasteiger partial charge >= 0.3 is 5.97 Å². The first-order valence-electron chi connectivity index (χ1n) is 10.1. The third-order valence-corrected chi connectivity index (χ3v) is 6.92. The van der Waals surface area contributed by atoms with Gasteiger partial charge in [-0.25, -0.2) is 4.79 Å². The van der Waals surface area contributed by atoms with Crippen molar-refractivity contribution in [2.24, 2.45) is 0 Å². The van der Waals surface area contributed by atoms with E-state index >= 15 is 0 Å². The van der Waals surface area contributed by atoms with Gasteiger partial charge in [0.1, 0.15) is 10.8 Å². The number of carbonyl (C=O) groups excluding carboxylic acids is 2. The minimum Gasteiger partial charge on any atom is -0.497 e. The van der Waals surface area contributed by atoms with E-state index in [4.69, 9.17) is 21.7 Å². The van der Waals surface area contributed by atoms with E-state index in [2.05, 4.69) is 15.1 Å². The van der Waals surface area contributed by atoms with Gasteiger partial charge in [0, 0.05) is 46.0 Å². The van der Waals surface area contributed by atoms with Gasteiger partial charge in [0.25, 0.3) is 5.91 Å². The van der Waals surface area contributed by atoms with E-state index in [9.17, 15) is 9.59 Å². The van der Waals surface area contributed by atoms with Gasteiger partial charge in [-0.3, -0.25) is 4.79 Å². The Morgan fingerprint density at radius 1 is 1.09 bits per heavy atom. The lowest BCUT2D eigenvalue weighted by Gasteiger charge is -2.37. The molecule has 0 aliphatic carbocycles. The highest BCUT2D eigenvalue weighted by molar-refractivity contribution is 7.80. The van der Waals surface area contributed by atoms with E-state index in [-0.39, 0.29) is 5.91 Å². The minimum atomic E-state index is -0.494. The normalized spacial score (nSPS) is 13.5. The van der Waals surface area contributed by atoms with Crippen LogP contribution in [0.15, 0.2) is 24.3 Å². The molecule has 0 radical (unpaired) electrons. The molecule has 3 rings (SSSR count). The summed E-state index contributed by atoms with van der Waals surface area (Å²) in [7, 11) is 6.34. The van der Waals surface area contributed by atoms with E-state index in [1.807, 2.05) is 24.3 Å². The summed E-state index contributed by atoms with van der Waals surface area (Å²) in [5.41, 5.74) is 2.08. The fourth-order valence-corrected chi connectivity index (χ4v) is 5.06. The molecule has 2 aromatic rings. The Bertz CT molecular complexity index is 996. The monoisotopic (exact) mass is 476 g/mol. The fraction of sp³-hybridized carbons (Fsp3) is 0.409. The molecule has 0 spiro atoms. The first-order valence-corrected chi connectivity index (χ1v) is 11.4. The second-order valence-corrected chi connectivity index (χ2v) is 8.96. The summed E-state index contributed by atoms with van der Waals surface area (Å²) in [5.74, 6) is 0.174. The maximum absolute atomic E-state index is 12.5. The highest BCUT2D eigenvalue weighted by atomic mass is 32.1. The van der Waals surface area contributed by atoms with Crippen molar-refractivity contribution in [2.45, 2.75) is 6.92 Å². The summed E-state index contributed by atoms with van der Waals surface area (Å²) in [5, 5.41) is 4.24. The molecule has 1 aromatic carbocycles. The first-order chi connectivity index (χ1) is 15.3. The number of carbonyl (C=O) groups is 2. The second kappa shape index (κ2) is 10.2. The van der Waals surface area contributed by atoms with Crippen LogP contribution in [0.5, 0.6) is 5.75 Å². The van der Waals surface area contributed by atoms with Crippen LogP contribution in [0.4, 0.5) is 10.7 Å². The Labute approximate surface area is 197 Å². The summed E-state index contributed by atoms with van der Waals surface area (Å²) in [6, 6.07) is 8.00. The van der Waals surface area contributed by atoms with Gasteiger partial charge in [-0.2, -0.15) is 0 Å². The number of benzene rings is 1. The van der Waals surface area contributed by atoms with Crippen molar-refractivity contribution in [1.29, 1.82) is 0 Å². The number of thiocarbonyl (C=S) groups is 1. The molecule has 0 unspecified atom stereocenters. The van der Waals surface area contributed by atoms with E-state index in [0.29, 0.717) is 26.1 Å². The van der Waals surface area contributed by atoms with Crippen LogP contribution in [0, 0.1) is 6.92 Å². The molecule has 1 fully saturated rings. The van der Waals surface area contributed by atoms with Crippen molar-refractivity contribution in [3.05, 3.63) is 40.3 Å². The molecular weight excluding hydrogens is 448 g/mol. The van der Waals surface area contributed by atoms with Crippen LogP contribution in [0.3, 0.4) is 0 Å². The Morgan fingerprint density at radius 2 is 1.72 bits per heavy atom. The lowest BCUT2D eigenvalue weighted by atomic mass is 10.1. The van der Waals surface area contributed by atoms with Crippen LogP contribution in [0.2, 0.25) is 0 Å². The number of piperazine rings is 1. The zero-order valence-corrected chi connectivity index (χ0v) is 20.6. The van der Waals surface area contributed by atoms with Crippen LogP contribution < -0.4 is 15.0 Å².